The molecule has 2 rings (SSSR count). The second-order valence-corrected chi connectivity index (χ2v) is 4.57. The van der Waals surface area contributed by atoms with E-state index in [1.807, 2.05) is 32.2 Å². The Hall–Kier alpha value is -1.75. The molecule has 4 nitrogen and oxygen atoms in total. The van der Waals surface area contributed by atoms with Gasteiger partial charge in [0.1, 0.15) is 0 Å². The summed E-state index contributed by atoms with van der Waals surface area (Å²) in [5.74, 6) is 0. The first-order valence-electron chi connectivity index (χ1n) is 5.75. The first-order valence-corrected chi connectivity index (χ1v) is 6.63. The van der Waals surface area contributed by atoms with E-state index in [-0.39, 0.29) is 10.6 Å². The Morgan fingerprint density at radius 3 is 2.44 bits per heavy atom. The molecular weight excluding hydrogens is 248 g/mol. The summed E-state index contributed by atoms with van der Waals surface area (Å²) in [5.41, 5.74) is 2.40. The highest BCUT2D eigenvalue weighted by molar-refractivity contribution is 7.09. The quantitative estimate of drug-likeness (QED) is 0.598. The van der Waals surface area contributed by atoms with Gasteiger partial charge in [0.25, 0.3) is 5.69 Å². The maximum absolute atomic E-state index is 10.8. The van der Waals surface area contributed by atoms with E-state index in [0.717, 1.165) is 16.3 Å². The highest BCUT2D eigenvalue weighted by Gasteiger charge is 2.12. The van der Waals surface area contributed by atoms with E-state index in [9.17, 15) is 10.1 Å². The lowest BCUT2D eigenvalue weighted by Crippen LogP contribution is -1.92. The van der Waals surface area contributed by atoms with E-state index in [0.29, 0.717) is 5.56 Å². The molecule has 0 saturated heterocycles. The number of rotatable bonds is 2. The Bertz CT molecular complexity index is 550. The molecule has 0 atom stereocenters. The average Bonchev–Trinajstić information content (AvgIpc) is 2.79. The van der Waals surface area contributed by atoms with Crippen molar-refractivity contribution in [1.29, 1.82) is 0 Å². The number of aryl methyl sites for hydroxylation is 2. The van der Waals surface area contributed by atoms with Crippen molar-refractivity contribution in [3.63, 3.8) is 0 Å². The van der Waals surface area contributed by atoms with Crippen LogP contribution in [-0.4, -0.2) is 9.91 Å². The van der Waals surface area contributed by atoms with Crippen LogP contribution in [0.2, 0.25) is 0 Å². The van der Waals surface area contributed by atoms with Crippen LogP contribution in [0.5, 0.6) is 0 Å². The van der Waals surface area contributed by atoms with Crippen LogP contribution in [0.1, 0.15) is 24.4 Å². The molecule has 1 aromatic heterocycles. The van der Waals surface area contributed by atoms with Crippen molar-refractivity contribution in [1.82, 2.24) is 4.98 Å². The number of thiazole rings is 1. The van der Waals surface area contributed by atoms with Crippen LogP contribution in [-0.2, 0) is 0 Å². The van der Waals surface area contributed by atoms with Gasteiger partial charge in [0.05, 0.1) is 15.6 Å². The van der Waals surface area contributed by atoms with Gasteiger partial charge in [0.2, 0.25) is 0 Å². The van der Waals surface area contributed by atoms with Gasteiger partial charge in [-0.25, -0.2) is 4.98 Å². The van der Waals surface area contributed by atoms with Crippen molar-refractivity contribution >= 4 is 17.0 Å². The largest absolute Gasteiger partial charge is 0.272 e. The normalized spacial score (nSPS) is 9.56. The first kappa shape index (κ1) is 14.3. The summed E-state index contributed by atoms with van der Waals surface area (Å²) in [6.45, 7) is 7.64. The number of hydrogen-bond acceptors (Lipinski definition) is 4. The van der Waals surface area contributed by atoms with Gasteiger partial charge in [-0.15, -0.1) is 11.3 Å². The molecule has 0 unspecified atom stereocenters. The summed E-state index contributed by atoms with van der Waals surface area (Å²) >= 11 is 1.54. The van der Waals surface area contributed by atoms with Crippen molar-refractivity contribution in [3.8, 4) is 11.3 Å². The molecule has 0 amide bonds. The summed E-state index contributed by atoms with van der Waals surface area (Å²) in [7, 11) is 0. The molecule has 0 aliphatic heterocycles. The summed E-state index contributed by atoms with van der Waals surface area (Å²) in [5, 5.41) is 13.7. The molecule has 96 valence electrons. The summed E-state index contributed by atoms with van der Waals surface area (Å²) in [6.07, 6.45) is 0. The Labute approximate surface area is 110 Å². The van der Waals surface area contributed by atoms with E-state index >= 15 is 0 Å². The van der Waals surface area contributed by atoms with Crippen molar-refractivity contribution in [2.24, 2.45) is 0 Å². The zero-order valence-corrected chi connectivity index (χ0v) is 11.7. The summed E-state index contributed by atoms with van der Waals surface area (Å²) < 4.78 is 0. The van der Waals surface area contributed by atoms with Crippen molar-refractivity contribution < 1.29 is 4.92 Å². The minimum Gasteiger partial charge on any atom is -0.258 e. The van der Waals surface area contributed by atoms with E-state index in [1.165, 1.54) is 11.3 Å². The van der Waals surface area contributed by atoms with Crippen LogP contribution in [0, 0.1) is 24.0 Å². The molecule has 5 heteroatoms. The first-order chi connectivity index (χ1) is 8.58. The van der Waals surface area contributed by atoms with Gasteiger partial charge in [-0.05, 0) is 13.8 Å². The second kappa shape index (κ2) is 6.26. The van der Waals surface area contributed by atoms with Crippen molar-refractivity contribution in [3.05, 3.63) is 44.3 Å². The van der Waals surface area contributed by atoms with Gasteiger partial charge in [0, 0.05) is 22.6 Å². The van der Waals surface area contributed by atoms with Crippen LogP contribution in [0.3, 0.4) is 0 Å². The fourth-order valence-electron chi connectivity index (χ4n) is 1.46. The van der Waals surface area contributed by atoms with Gasteiger partial charge in [-0.1, -0.05) is 26.0 Å². The SMILES string of the molecule is CC.Cc1nc(-c2ccc(C)c([N+](=O)[O-])c2)cs1. The van der Waals surface area contributed by atoms with Crippen LogP contribution < -0.4 is 0 Å². The molecule has 18 heavy (non-hydrogen) atoms. The predicted molar refractivity (Wildman–Crippen MR) is 75.0 cm³/mol. The minimum atomic E-state index is -0.363. The van der Waals surface area contributed by atoms with Gasteiger partial charge in [-0.2, -0.15) is 0 Å². The average molecular weight is 264 g/mol. The number of hydrogen-bond donors (Lipinski definition) is 0. The lowest BCUT2D eigenvalue weighted by Gasteiger charge is -2.00. The van der Waals surface area contributed by atoms with Crippen molar-refractivity contribution in [2.75, 3.05) is 0 Å². The maximum Gasteiger partial charge on any atom is 0.272 e. The fourth-order valence-corrected chi connectivity index (χ4v) is 2.08. The van der Waals surface area contributed by atoms with E-state index in [1.54, 1.807) is 19.1 Å². The highest BCUT2D eigenvalue weighted by atomic mass is 32.1. The monoisotopic (exact) mass is 264 g/mol. The Morgan fingerprint density at radius 2 is 1.94 bits per heavy atom. The van der Waals surface area contributed by atoms with Crippen molar-refractivity contribution in [2.45, 2.75) is 27.7 Å². The molecule has 0 N–H and O–H groups in total. The molecule has 0 fully saturated rings. The van der Waals surface area contributed by atoms with Crippen LogP contribution in [0.15, 0.2) is 23.6 Å². The standard InChI is InChI=1S/C11H10N2O2S.C2H6/c1-7-3-4-9(5-11(7)13(14)15)10-6-16-8(2)12-10;1-2/h3-6H,1-2H3;1-2H3. The molecule has 2 aromatic rings. The van der Waals surface area contributed by atoms with Gasteiger partial charge >= 0.3 is 0 Å². The Kier molecular flexibility index (Phi) is 4.97. The van der Waals surface area contributed by atoms with E-state index in [2.05, 4.69) is 4.98 Å². The van der Waals surface area contributed by atoms with E-state index in [4.69, 9.17) is 0 Å². The number of nitrogens with zero attached hydrogens (tertiary/aromatic N) is 2. The Morgan fingerprint density at radius 1 is 1.28 bits per heavy atom. The molecule has 0 aliphatic carbocycles. The zero-order valence-electron chi connectivity index (χ0n) is 10.9. The Balaban J connectivity index is 0.000000771. The molecule has 1 heterocycles. The van der Waals surface area contributed by atoms with Crippen LogP contribution >= 0.6 is 11.3 Å². The third-order valence-electron chi connectivity index (χ3n) is 2.32. The molecule has 0 bridgehead atoms. The molecule has 1 aromatic carbocycles. The van der Waals surface area contributed by atoms with Gasteiger partial charge in [0.15, 0.2) is 0 Å². The number of benzene rings is 1. The zero-order chi connectivity index (χ0) is 13.7. The lowest BCUT2D eigenvalue weighted by atomic mass is 10.1. The molecule has 0 aliphatic rings. The number of aromatic nitrogens is 1. The van der Waals surface area contributed by atoms with Gasteiger partial charge < -0.3 is 0 Å². The predicted octanol–water partition coefficient (Wildman–Crippen LogP) is 4.36. The number of nitro benzene ring substituents is 1. The number of nitro groups is 1. The molecular formula is C13H16N2O2S. The third-order valence-corrected chi connectivity index (χ3v) is 3.09. The van der Waals surface area contributed by atoms with Crippen LogP contribution in [0.25, 0.3) is 11.3 Å². The minimum absolute atomic E-state index is 0.142. The molecule has 0 radical (unpaired) electrons. The maximum atomic E-state index is 10.8. The smallest absolute Gasteiger partial charge is 0.258 e. The van der Waals surface area contributed by atoms with Gasteiger partial charge in [-0.3, -0.25) is 10.1 Å². The van der Waals surface area contributed by atoms with E-state index < -0.39 is 0 Å². The third kappa shape index (κ3) is 3.13. The summed E-state index contributed by atoms with van der Waals surface area (Å²) in [6, 6.07) is 5.18. The molecule has 0 spiro atoms. The highest BCUT2D eigenvalue weighted by Crippen LogP contribution is 2.27. The topological polar surface area (TPSA) is 56.0 Å². The lowest BCUT2D eigenvalue weighted by molar-refractivity contribution is -0.385. The fraction of sp³-hybridized carbons (Fsp3) is 0.308. The van der Waals surface area contributed by atoms with Crippen LogP contribution in [0.4, 0.5) is 5.69 Å². The second-order valence-electron chi connectivity index (χ2n) is 3.51. The molecule has 0 saturated carbocycles. The summed E-state index contributed by atoms with van der Waals surface area (Å²) in [4.78, 5) is 14.7.